The molecule has 0 aromatic carbocycles. The summed E-state index contributed by atoms with van der Waals surface area (Å²) in [4.78, 5) is 0. The summed E-state index contributed by atoms with van der Waals surface area (Å²) < 4.78 is 0.212. The van der Waals surface area contributed by atoms with E-state index in [0.29, 0.717) is 0 Å². The van der Waals surface area contributed by atoms with E-state index >= 15 is 0 Å². The molecule has 0 saturated carbocycles. The first-order chi connectivity index (χ1) is 6.62. The van der Waals surface area contributed by atoms with E-state index in [2.05, 4.69) is 45.7 Å². The van der Waals surface area contributed by atoms with Gasteiger partial charge in [-0.2, -0.15) is 0 Å². The smallest absolute Gasteiger partial charge is 0.0727 e. The summed E-state index contributed by atoms with van der Waals surface area (Å²) >= 11 is 7.38. The van der Waals surface area contributed by atoms with Gasteiger partial charge in [0.2, 0.25) is 0 Å². The number of halogens is 2. The van der Waals surface area contributed by atoms with Gasteiger partial charge in [-0.05, 0) is 12.8 Å². The Kier molecular flexibility index (Phi) is 9.84. The summed E-state index contributed by atoms with van der Waals surface area (Å²) in [6.07, 6.45) is 12.2. The Morgan fingerprint density at radius 3 is 1.79 bits per heavy atom. The lowest BCUT2D eigenvalue weighted by molar-refractivity contribution is 0.561. The van der Waals surface area contributed by atoms with Crippen LogP contribution in [0.3, 0.4) is 0 Å². The zero-order valence-electron chi connectivity index (χ0n) is 9.62. The number of hydrogen-bond donors (Lipinski definition) is 0. The van der Waals surface area contributed by atoms with Crippen molar-refractivity contribution in [1.29, 1.82) is 0 Å². The molecule has 0 spiro atoms. The molecule has 2 heteroatoms. The molecule has 0 unspecified atom stereocenters. The molecule has 14 heavy (non-hydrogen) atoms. The highest BCUT2D eigenvalue weighted by atomic mass is 79.9. The van der Waals surface area contributed by atoms with Crippen LogP contribution >= 0.6 is 31.9 Å². The molecule has 86 valence electrons. The second-order valence-electron chi connectivity index (χ2n) is 4.08. The van der Waals surface area contributed by atoms with Crippen molar-refractivity contribution in [3.8, 4) is 0 Å². The molecule has 0 aliphatic carbocycles. The fourth-order valence-corrected chi connectivity index (χ4v) is 2.08. The van der Waals surface area contributed by atoms with Gasteiger partial charge in [0.25, 0.3) is 0 Å². The molecular weight excluding hydrogens is 304 g/mol. The molecule has 0 nitrogen and oxygen atoms in total. The minimum absolute atomic E-state index is 0.212. The van der Waals surface area contributed by atoms with Crippen LogP contribution in [-0.2, 0) is 0 Å². The van der Waals surface area contributed by atoms with Gasteiger partial charge < -0.3 is 0 Å². The number of alkyl halides is 2. The summed E-state index contributed by atoms with van der Waals surface area (Å²) in [6.45, 7) is 4.48. The maximum atomic E-state index is 3.69. The molecule has 0 N–H and O–H groups in total. The van der Waals surface area contributed by atoms with Crippen LogP contribution in [0, 0.1) is 0 Å². The lowest BCUT2D eigenvalue weighted by Gasteiger charge is -2.17. The third-order valence-corrected chi connectivity index (χ3v) is 4.58. The van der Waals surface area contributed by atoms with E-state index in [4.69, 9.17) is 0 Å². The number of rotatable bonds is 9. The third kappa shape index (κ3) is 9.51. The van der Waals surface area contributed by atoms with Crippen molar-refractivity contribution in [2.24, 2.45) is 0 Å². The molecule has 0 heterocycles. The second-order valence-corrected chi connectivity index (χ2v) is 8.18. The van der Waals surface area contributed by atoms with Gasteiger partial charge >= 0.3 is 0 Å². The zero-order valence-corrected chi connectivity index (χ0v) is 12.8. The van der Waals surface area contributed by atoms with E-state index in [1.807, 2.05) is 0 Å². The van der Waals surface area contributed by atoms with Gasteiger partial charge in [0.15, 0.2) is 0 Å². The first kappa shape index (κ1) is 15.0. The second kappa shape index (κ2) is 9.21. The Morgan fingerprint density at radius 2 is 1.29 bits per heavy atom. The number of unbranched alkanes of at least 4 members (excludes halogenated alkanes) is 6. The molecule has 0 bridgehead atoms. The Labute approximate surface area is 106 Å². The Bertz CT molecular complexity index is 121. The van der Waals surface area contributed by atoms with Crippen molar-refractivity contribution in [3.63, 3.8) is 0 Å². The highest BCUT2D eigenvalue weighted by Crippen LogP contribution is 2.35. The van der Waals surface area contributed by atoms with E-state index in [9.17, 15) is 0 Å². The minimum atomic E-state index is 0.212. The van der Waals surface area contributed by atoms with E-state index < -0.39 is 0 Å². The van der Waals surface area contributed by atoms with Crippen molar-refractivity contribution >= 4 is 31.9 Å². The van der Waals surface area contributed by atoms with Crippen LogP contribution < -0.4 is 0 Å². The van der Waals surface area contributed by atoms with Gasteiger partial charge in [0.1, 0.15) is 0 Å². The van der Waals surface area contributed by atoms with Crippen LogP contribution in [0.1, 0.15) is 71.6 Å². The van der Waals surface area contributed by atoms with Crippen LogP contribution in [0.25, 0.3) is 0 Å². The maximum absolute atomic E-state index is 3.69. The molecule has 0 aliphatic heterocycles. The molecule has 0 aliphatic rings. The van der Waals surface area contributed by atoms with Crippen molar-refractivity contribution in [1.82, 2.24) is 0 Å². The molecule has 0 atom stereocenters. The third-order valence-electron chi connectivity index (χ3n) is 2.66. The Morgan fingerprint density at radius 1 is 0.786 bits per heavy atom. The van der Waals surface area contributed by atoms with E-state index in [-0.39, 0.29) is 3.23 Å². The molecule has 0 fully saturated rings. The molecule has 0 aromatic heterocycles. The van der Waals surface area contributed by atoms with Crippen LogP contribution in [-0.4, -0.2) is 3.23 Å². The first-order valence-corrected chi connectivity index (χ1v) is 7.59. The standard InChI is InChI=1S/C12H24Br2/c1-3-5-6-7-8-9-10-11-12(13,14)4-2/h3-11H2,1-2H3. The fraction of sp³-hybridized carbons (Fsp3) is 1.00. The van der Waals surface area contributed by atoms with Crippen molar-refractivity contribution in [2.45, 2.75) is 74.9 Å². The average Bonchev–Trinajstić information content (AvgIpc) is 2.16. The molecule has 0 rings (SSSR count). The number of hydrogen-bond acceptors (Lipinski definition) is 0. The monoisotopic (exact) mass is 326 g/mol. The van der Waals surface area contributed by atoms with Crippen LogP contribution in [0.4, 0.5) is 0 Å². The van der Waals surface area contributed by atoms with Gasteiger partial charge in [-0.25, -0.2) is 0 Å². The van der Waals surface area contributed by atoms with E-state index in [1.165, 1.54) is 51.4 Å². The van der Waals surface area contributed by atoms with Gasteiger partial charge in [0, 0.05) is 0 Å². The highest BCUT2D eigenvalue weighted by Gasteiger charge is 2.18. The summed E-state index contributed by atoms with van der Waals surface area (Å²) in [6, 6.07) is 0. The van der Waals surface area contributed by atoms with E-state index in [1.54, 1.807) is 0 Å². The Balaban J connectivity index is 3.13. The maximum Gasteiger partial charge on any atom is 0.0803 e. The first-order valence-electron chi connectivity index (χ1n) is 6.00. The lowest BCUT2D eigenvalue weighted by Crippen LogP contribution is -2.08. The molecule has 0 radical (unpaired) electrons. The molecule has 0 saturated heterocycles. The summed E-state index contributed by atoms with van der Waals surface area (Å²) in [5.74, 6) is 0. The predicted octanol–water partition coefficient (Wildman–Crippen LogP) is 6.02. The normalized spacial score (nSPS) is 12.0. The van der Waals surface area contributed by atoms with Crippen molar-refractivity contribution < 1.29 is 0 Å². The van der Waals surface area contributed by atoms with Crippen LogP contribution in [0.2, 0.25) is 0 Å². The average molecular weight is 328 g/mol. The summed E-state index contributed by atoms with van der Waals surface area (Å²) in [5.41, 5.74) is 0. The molecule has 0 aromatic rings. The zero-order chi connectivity index (χ0) is 10.9. The largest absolute Gasteiger partial charge is 0.0803 e. The highest BCUT2D eigenvalue weighted by molar-refractivity contribution is 9.25. The SMILES string of the molecule is CCCCCCCCCC(Br)(Br)CC. The molecular formula is C12H24Br2. The molecule has 0 amide bonds. The van der Waals surface area contributed by atoms with Gasteiger partial charge in [-0.1, -0.05) is 90.7 Å². The summed E-state index contributed by atoms with van der Waals surface area (Å²) in [5, 5.41) is 0. The van der Waals surface area contributed by atoms with Gasteiger partial charge in [-0.15, -0.1) is 0 Å². The lowest BCUT2D eigenvalue weighted by atomic mass is 10.1. The quantitative estimate of drug-likeness (QED) is 0.358. The fourth-order valence-electron chi connectivity index (χ4n) is 1.52. The van der Waals surface area contributed by atoms with Gasteiger partial charge in [0.05, 0.1) is 3.23 Å². The Hall–Kier alpha value is 0.960. The van der Waals surface area contributed by atoms with Crippen molar-refractivity contribution in [2.75, 3.05) is 0 Å². The predicted molar refractivity (Wildman–Crippen MR) is 73.5 cm³/mol. The van der Waals surface area contributed by atoms with Crippen LogP contribution in [0.5, 0.6) is 0 Å². The minimum Gasteiger partial charge on any atom is -0.0727 e. The van der Waals surface area contributed by atoms with Crippen LogP contribution in [0.15, 0.2) is 0 Å². The topological polar surface area (TPSA) is 0 Å². The summed E-state index contributed by atoms with van der Waals surface area (Å²) in [7, 11) is 0. The van der Waals surface area contributed by atoms with Gasteiger partial charge in [-0.3, -0.25) is 0 Å². The van der Waals surface area contributed by atoms with E-state index in [0.717, 1.165) is 6.42 Å². The van der Waals surface area contributed by atoms with Crippen molar-refractivity contribution in [3.05, 3.63) is 0 Å².